The Balaban J connectivity index is 1.91. The molecule has 1 aromatic rings. The molecule has 1 fully saturated rings. The van der Waals surface area contributed by atoms with Crippen molar-refractivity contribution in [2.75, 3.05) is 5.32 Å². The average Bonchev–Trinajstić information content (AvgIpc) is 2.58. The maximum Gasteiger partial charge on any atom is 0.329 e. The minimum Gasteiger partial charge on any atom is -0.480 e. The first-order chi connectivity index (χ1) is 9.21. The SMILES string of the molecule is O=C(O)C1(Nc2ncnc3c2CCCCC3)CCC1. The van der Waals surface area contributed by atoms with E-state index in [1.165, 1.54) is 6.42 Å². The molecule has 1 heterocycles. The van der Waals surface area contributed by atoms with Crippen LogP contribution in [0.3, 0.4) is 0 Å². The second-order valence-electron chi connectivity index (χ2n) is 5.57. The Kier molecular flexibility index (Phi) is 3.12. The number of nitrogens with zero attached hydrogens (tertiary/aromatic N) is 2. The number of nitrogens with one attached hydrogen (secondary N) is 1. The van der Waals surface area contributed by atoms with Crippen molar-refractivity contribution in [3.05, 3.63) is 17.6 Å². The maximum atomic E-state index is 11.4. The van der Waals surface area contributed by atoms with Gasteiger partial charge in [0.05, 0.1) is 0 Å². The number of carboxylic acids is 1. The van der Waals surface area contributed by atoms with Crippen LogP contribution in [0.1, 0.15) is 49.8 Å². The van der Waals surface area contributed by atoms with E-state index in [1.54, 1.807) is 6.33 Å². The fraction of sp³-hybridized carbons (Fsp3) is 0.643. The minimum atomic E-state index is -0.797. The van der Waals surface area contributed by atoms with Crippen molar-refractivity contribution < 1.29 is 9.90 Å². The Morgan fingerprint density at radius 2 is 1.95 bits per heavy atom. The van der Waals surface area contributed by atoms with Crippen LogP contribution in [0.5, 0.6) is 0 Å². The fourth-order valence-corrected chi connectivity index (χ4v) is 2.95. The molecule has 0 unspecified atom stereocenters. The molecule has 2 aliphatic rings. The van der Waals surface area contributed by atoms with Crippen LogP contribution in [0.4, 0.5) is 5.82 Å². The molecule has 3 rings (SSSR count). The van der Waals surface area contributed by atoms with E-state index in [-0.39, 0.29) is 0 Å². The summed E-state index contributed by atoms with van der Waals surface area (Å²) in [5.74, 6) is -0.0197. The summed E-state index contributed by atoms with van der Waals surface area (Å²) in [4.78, 5) is 20.1. The normalized spacial score (nSPS) is 20.8. The molecule has 2 aliphatic carbocycles. The molecule has 19 heavy (non-hydrogen) atoms. The zero-order valence-electron chi connectivity index (χ0n) is 11.0. The van der Waals surface area contributed by atoms with Crippen LogP contribution in [0, 0.1) is 0 Å². The minimum absolute atomic E-state index is 0.682. The van der Waals surface area contributed by atoms with Crippen molar-refractivity contribution in [2.24, 2.45) is 0 Å². The summed E-state index contributed by atoms with van der Waals surface area (Å²) < 4.78 is 0. The number of aromatic nitrogens is 2. The van der Waals surface area contributed by atoms with E-state index in [1.807, 2.05) is 0 Å². The molecule has 0 bridgehead atoms. The Hall–Kier alpha value is -1.65. The molecule has 0 saturated heterocycles. The summed E-state index contributed by atoms with van der Waals surface area (Å²) in [5.41, 5.74) is 1.43. The van der Waals surface area contributed by atoms with Crippen LogP contribution >= 0.6 is 0 Å². The third kappa shape index (κ3) is 2.17. The van der Waals surface area contributed by atoms with Crippen molar-refractivity contribution in [2.45, 2.75) is 56.9 Å². The summed E-state index contributed by atoms with van der Waals surface area (Å²) in [5, 5.41) is 12.6. The highest BCUT2D eigenvalue weighted by Crippen LogP contribution is 2.36. The molecule has 5 heteroatoms. The molecule has 0 amide bonds. The van der Waals surface area contributed by atoms with Crippen molar-refractivity contribution >= 4 is 11.8 Å². The summed E-state index contributed by atoms with van der Waals surface area (Å²) in [6.07, 6.45) is 9.32. The zero-order valence-corrected chi connectivity index (χ0v) is 11.0. The molecule has 0 radical (unpaired) electrons. The number of aliphatic carboxylic acids is 1. The number of hydrogen-bond donors (Lipinski definition) is 2. The van der Waals surface area contributed by atoms with Crippen molar-refractivity contribution in [1.29, 1.82) is 0 Å². The van der Waals surface area contributed by atoms with E-state index < -0.39 is 11.5 Å². The monoisotopic (exact) mass is 261 g/mol. The Labute approximate surface area is 112 Å². The van der Waals surface area contributed by atoms with Gasteiger partial charge in [0.2, 0.25) is 0 Å². The standard InChI is InChI=1S/C14H19N3O2/c18-13(19)14(7-4-8-14)17-12-10-5-2-1-3-6-11(10)15-9-16-12/h9H,1-8H2,(H,18,19)(H,15,16,17). The van der Waals surface area contributed by atoms with Gasteiger partial charge >= 0.3 is 5.97 Å². The number of carboxylic acid groups (broad SMARTS) is 1. The van der Waals surface area contributed by atoms with Gasteiger partial charge in [0, 0.05) is 11.3 Å². The Morgan fingerprint density at radius 3 is 2.63 bits per heavy atom. The van der Waals surface area contributed by atoms with Gasteiger partial charge in [0.15, 0.2) is 0 Å². The van der Waals surface area contributed by atoms with Crippen molar-refractivity contribution in [3.63, 3.8) is 0 Å². The summed E-state index contributed by atoms with van der Waals surface area (Å²) in [6, 6.07) is 0. The largest absolute Gasteiger partial charge is 0.480 e. The van der Waals surface area contributed by atoms with Gasteiger partial charge in [-0.1, -0.05) is 6.42 Å². The first-order valence-corrected chi connectivity index (χ1v) is 7.06. The third-order valence-electron chi connectivity index (χ3n) is 4.35. The highest BCUT2D eigenvalue weighted by Gasteiger charge is 2.45. The highest BCUT2D eigenvalue weighted by molar-refractivity contribution is 5.84. The van der Waals surface area contributed by atoms with E-state index in [2.05, 4.69) is 15.3 Å². The Morgan fingerprint density at radius 1 is 1.16 bits per heavy atom. The fourth-order valence-electron chi connectivity index (χ4n) is 2.95. The van der Waals surface area contributed by atoms with Gasteiger partial charge in [-0.25, -0.2) is 14.8 Å². The van der Waals surface area contributed by atoms with Crippen LogP contribution in [0.25, 0.3) is 0 Å². The molecule has 102 valence electrons. The molecular formula is C14H19N3O2. The lowest BCUT2D eigenvalue weighted by Crippen LogP contribution is -2.52. The lowest BCUT2D eigenvalue weighted by Gasteiger charge is -2.39. The topological polar surface area (TPSA) is 75.1 Å². The van der Waals surface area contributed by atoms with Gasteiger partial charge in [0.1, 0.15) is 17.7 Å². The zero-order chi connectivity index (χ0) is 13.3. The number of fused-ring (bicyclic) bond motifs is 1. The van der Waals surface area contributed by atoms with Gasteiger partial charge in [-0.05, 0) is 44.9 Å². The van der Waals surface area contributed by atoms with Crippen LogP contribution in [-0.4, -0.2) is 26.6 Å². The highest BCUT2D eigenvalue weighted by atomic mass is 16.4. The molecule has 0 aromatic carbocycles. The van der Waals surface area contributed by atoms with Gasteiger partial charge in [-0.2, -0.15) is 0 Å². The van der Waals surface area contributed by atoms with Crippen molar-refractivity contribution in [1.82, 2.24) is 9.97 Å². The van der Waals surface area contributed by atoms with E-state index in [9.17, 15) is 9.90 Å². The molecule has 1 aromatic heterocycles. The lowest BCUT2D eigenvalue weighted by atomic mass is 9.76. The Bertz CT molecular complexity index is 497. The van der Waals surface area contributed by atoms with Crippen LogP contribution in [-0.2, 0) is 17.6 Å². The number of hydrogen-bond acceptors (Lipinski definition) is 4. The van der Waals surface area contributed by atoms with E-state index in [0.29, 0.717) is 12.8 Å². The first-order valence-electron chi connectivity index (χ1n) is 7.06. The van der Waals surface area contributed by atoms with E-state index >= 15 is 0 Å². The number of aryl methyl sites for hydroxylation is 1. The smallest absolute Gasteiger partial charge is 0.329 e. The van der Waals surface area contributed by atoms with Crippen LogP contribution < -0.4 is 5.32 Å². The van der Waals surface area contributed by atoms with E-state index in [4.69, 9.17) is 0 Å². The van der Waals surface area contributed by atoms with Gasteiger partial charge in [-0.3, -0.25) is 0 Å². The van der Waals surface area contributed by atoms with Crippen LogP contribution in [0.15, 0.2) is 6.33 Å². The summed E-state index contributed by atoms with van der Waals surface area (Å²) in [6.45, 7) is 0. The van der Waals surface area contributed by atoms with Gasteiger partial charge in [-0.15, -0.1) is 0 Å². The van der Waals surface area contributed by atoms with E-state index in [0.717, 1.165) is 49.2 Å². The number of carbonyl (C=O) groups is 1. The second-order valence-corrected chi connectivity index (χ2v) is 5.57. The summed E-state index contributed by atoms with van der Waals surface area (Å²) in [7, 11) is 0. The molecule has 5 nitrogen and oxygen atoms in total. The predicted octanol–water partition coefficient (Wildman–Crippen LogP) is 2.16. The summed E-state index contributed by atoms with van der Waals surface area (Å²) >= 11 is 0. The maximum absolute atomic E-state index is 11.4. The quantitative estimate of drug-likeness (QED) is 0.815. The average molecular weight is 261 g/mol. The first kappa shape index (κ1) is 12.4. The van der Waals surface area contributed by atoms with Crippen LogP contribution in [0.2, 0.25) is 0 Å². The molecule has 0 spiro atoms. The second kappa shape index (κ2) is 4.79. The number of anilines is 1. The predicted molar refractivity (Wildman–Crippen MR) is 71.1 cm³/mol. The lowest BCUT2D eigenvalue weighted by molar-refractivity contribution is -0.145. The van der Waals surface area contributed by atoms with Crippen molar-refractivity contribution in [3.8, 4) is 0 Å². The molecule has 0 atom stereocenters. The molecule has 2 N–H and O–H groups in total. The molecule has 1 saturated carbocycles. The third-order valence-corrected chi connectivity index (χ3v) is 4.35. The molecular weight excluding hydrogens is 242 g/mol. The van der Waals surface area contributed by atoms with Gasteiger partial charge in [0.25, 0.3) is 0 Å². The van der Waals surface area contributed by atoms with Gasteiger partial charge < -0.3 is 10.4 Å². The number of rotatable bonds is 3. The molecule has 0 aliphatic heterocycles.